The lowest BCUT2D eigenvalue weighted by Gasteiger charge is -2.20. The molecule has 1 aliphatic rings. The van der Waals surface area contributed by atoms with Gasteiger partial charge in [0.1, 0.15) is 18.3 Å². The minimum absolute atomic E-state index is 0.332. The highest BCUT2D eigenvalue weighted by molar-refractivity contribution is 5.81. The molecule has 5 N–H and O–H groups in total. The van der Waals surface area contributed by atoms with Crippen LogP contribution < -0.4 is 16.6 Å². The molecule has 0 radical (unpaired) electrons. The number of aliphatic hydroxyl groups is 3. The van der Waals surface area contributed by atoms with E-state index in [-0.39, 0.29) is 0 Å². The highest BCUT2D eigenvalue weighted by Gasteiger charge is 2.49. The van der Waals surface area contributed by atoms with Gasteiger partial charge in [-0.3, -0.25) is 19.1 Å². The fourth-order valence-corrected chi connectivity index (χ4v) is 3.02. The SMILES string of the molecule is CCCCCCCNC(=O)[C@H](O)[C@@H]1O[C@H](n2cc(F)c(=O)[nH]c2=O)[C@@H](O)[C@@H]1O. The summed E-state index contributed by atoms with van der Waals surface area (Å²) >= 11 is 0. The molecule has 1 amide bonds. The highest BCUT2D eigenvalue weighted by Crippen LogP contribution is 2.30. The van der Waals surface area contributed by atoms with Crippen LogP contribution in [0.25, 0.3) is 0 Å². The number of halogens is 1. The summed E-state index contributed by atoms with van der Waals surface area (Å²) < 4.78 is 19.3. The Labute approximate surface area is 160 Å². The molecular weight excluding hydrogens is 377 g/mol. The Morgan fingerprint density at radius 1 is 1.29 bits per heavy atom. The van der Waals surface area contributed by atoms with Crippen LogP contribution in [-0.4, -0.2) is 61.7 Å². The van der Waals surface area contributed by atoms with E-state index in [1.54, 1.807) is 4.98 Å². The van der Waals surface area contributed by atoms with Crippen molar-refractivity contribution in [3.8, 4) is 0 Å². The number of aliphatic hydroxyl groups excluding tert-OH is 3. The van der Waals surface area contributed by atoms with Gasteiger partial charge in [-0.25, -0.2) is 4.79 Å². The Balaban J connectivity index is 1.99. The second kappa shape index (κ2) is 9.92. The standard InChI is InChI=1S/C17H26FN3O7/c1-2-3-4-5-6-7-19-15(26)12(24)13-10(22)11(23)16(28-13)21-8-9(18)14(25)20-17(21)27/h8,10-13,16,22-24H,2-7H2,1H3,(H,19,26)(H,20,25,27)/t10-,11-,12+,13+,16-/m0/s1. The molecule has 1 aromatic heterocycles. The number of rotatable bonds is 9. The van der Waals surface area contributed by atoms with Crippen LogP contribution in [0.4, 0.5) is 4.39 Å². The van der Waals surface area contributed by atoms with Crippen LogP contribution in [0.15, 0.2) is 15.8 Å². The number of H-pyrrole nitrogens is 1. The van der Waals surface area contributed by atoms with E-state index in [1.165, 1.54) is 0 Å². The van der Waals surface area contributed by atoms with Gasteiger partial charge in [-0.2, -0.15) is 4.39 Å². The van der Waals surface area contributed by atoms with Gasteiger partial charge in [0.2, 0.25) is 5.82 Å². The van der Waals surface area contributed by atoms with Gasteiger partial charge in [0.25, 0.3) is 11.5 Å². The summed E-state index contributed by atoms with van der Waals surface area (Å²) in [5.74, 6) is -2.10. The summed E-state index contributed by atoms with van der Waals surface area (Å²) in [5, 5.41) is 32.9. The van der Waals surface area contributed by atoms with Gasteiger partial charge in [-0.1, -0.05) is 32.6 Å². The third-order valence-corrected chi connectivity index (χ3v) is 4.63. The van der Waals surface area contributed by atoms with Crippen LogP contribution in [0.2, 0.25) is 0 Å². The van der Waals surface area contributed by atoms with Crippen LogP contribution >= 0.6 is 0 Å². The Hall–Kier alpha value is -2.08. The first kappa shape index (κ1) is 22.2. The maximum atomic E-state index is 13.5. The van der Waals surface area contributed by atoms with Crippen molar-refractivity contribution in [3.05, 3.63) is 32.9 Å². The molecule has 0 aromatic carbocycles. The van der Waals surface area contributed by atoms with E-state index in [1.807, 2.05) is 0 Å². The second-order valence-electron chi connectivity index (χ2n) is 6.77. The first-order valence-corrected chi connectivity index (χ1v) is 9.26. The quantitative estimate of drug-likeness (QED) is 0.323. The van der Waals surface area contributed by atoms with Crippen LogP contribution in [0, 0.1) is 5.82 Å². The molecule has 1 aliphatic heterocycles. The Morgan fingerprint density at radius 3 is 2.64 bits per heavy atom. The summed E-state index contributed by atoms with van der Waals surface area (Å²) in [7, 11) is 0. The molecule has 1 aromatic rings. The molecule has 2 heterocycles. The molecule has 11 heteroatoms. The molecule has 2 rings (SSSR count). The van der Waals surface area contributed by atoms with Gasteiger partial charge >= 0.3 is 5.69 Å². The lowest BCUT2D eigenvalue weighted by molar-refractivity contribution is -0.143. The summed E-state index contributed by atoms with van der Waals surface area (Å²) in [6, 6.07) is 0. The molecule has 158 valence electrons. The van der Waals surface area contributed by atoms with Gasteiger partial charge in [0.05, 0.1) is 6.20 Å². The monoisotopic (exact) mass is 403 g/mol. The number of hydrogen-bond acceptors (Lipinski definition) is 7. The van der Waals surface area contributed by atoms with E-state index >= 15 is 0 Å². The molecule has 1 saturated heterocycles. The van der Waals surface area contributed by atoms with E-state index in [0.717, 1.165) is 32.1 Å². The zero-order valence-corrected chi connectivity index (χ0v) is 15.5. The topological polar surface area (TPSA) is 154 Å². The van der Waals surface area contributed by atoms with Crippen LogP contribution in [0.3, 0.4) is 0 Å². The number of nitrogens with one attached hydrogen (secondary N) is 2. The lowest BCUT2D eigenvalue weighted by atomic mass is 10.0. The van der Waals surface area contributed by atoms with Gasteiger partial charge < -0.3 is 25.4 Å². The van der Waals surface area contributed by atoms with Crippen molar-refractivity contribution in [2.24, 2.45) is 0 Å². The number of nitrogens with zero attached hydrogens (tertiary/aromatic N) is 1. The van der Waals surface area contributed by atoms with Crippen molar-refractivity contribution in [2.45, 2.75) is 69.7 Å². The zero-order valence-electron chi connectivity index (χ0n) is 15.5. The second-order valence-corrected chi connectivity index (χ2v) is 6.77. The molecule has 1 fully saturated rings. The molecule has 10 nitrogen and oxygen atoms in total. The predicted molar refractivity (Wildman–Crippen MR) is 95.0 cm³/mol. The predicted octanol–water partition coefficient (Wildman–Crippen LogP) is -1.26. The molecule has 0 saturated carbocycles. The summed E-state index contributed by atoms with van der Waals surface area (Å²) in [5.41, 5.74) is -2.32. The van der Waals surface area contributed by atoms with Crippen molar-refractivity contribution < 1.29 is 29.2 Å². The molecular formula is C17H26FN3O7. The number of amides is 1. The zero-order chi connectivity index (χ0) is 20.8. The van der Waals surface area contributed by atoms with E-state index < -0.39 is 53.6 Å². The number of aromatic amines is 1. The Bertz CT molecular complexity index is 781. The van der Waals surface area contributed by atoms with Gasteiger partial charge in [-0.15, -0.1) is 0 Å². The van der Waals surface area contributed by atoms with E-state index in [9.17, 15) is 34.1 Å². The van der Waals surface area contributed by atoms with Crippen molar-refractivity contribution in [2.75, 3.05) is 6.54 Å². The van der Waals surface area contributed by atoms with E-state index in [0.29, 0.717) is 17.3 Å². The number of ether oxygens (including phenoxy) is 1. The number of unbranched alkanes of at least 4 members (excludes halogenated alkanes) is 4. The molecule has 0 bridgehead atoms. The fourth-order valence-electron chi connectivity index (χ4n) is 3.02. The summed E-state index contributed by atoms with van der Waals surface area (Å²) in [4.78, 5) is 36.7. The average Bonchev–Trinajstić information content (AvgIpc) is 2.95. The third kappa shape index (κ3) is 5.04. The van der Waals surface area contributed by atoms with Crippen LogP contribution in [0.5, 0.6) is 0 Å². The molecule has 0 aliphatic carbocycles. The largest absolute Gasteiger partial charge is 0.387 e. The van der Waals surface area contributed by atoms with Crippen molar-refractivity contribution in [3.63, 3.8) is 0 Å². The highest BCUT2D eigenvalue weighted by atomic mass is 19.1. The van der Waals surface area contributed by atoms with E-state index in [4.69, 9.17) is 4.74 Å². The molecule has 28 heavy (non-hydrogen) atoms. The number of hydrogen-bond donors (Lipinski definition) is 5. The molecule has 0 spiro atoms. The first-order chi connectivity index (χ1) is 13.3. The van der Waals surface area contributed by atoms with Gasteiger partial charge in [-0.05, 0) is 6.42 Å². The summed E-state index contributed by atoms with van der Waals surface area (Å²) in [6.45, 7) is 2.42. The number of aromatic nitrogens is 2. The maximum Gasteiger partial charge on any atom is 0.330 e. The third-order valence-electron chi connectivity index (χ3n) is 4.63. The normalized spacial score (nSPS) is 25.6. The van der Waals surface area contributed by atoms with Crippen molar-refractivity contribution >= 4 is 5.91 Å². The Kier molecular flexibility index (Phi) is 7.87. The van der Waals surface area contributed by atoms with Crippen molar-refractivity contribution in [1.29, 1.82) is 0 Å². The first-order valence-electron chi connectivity index (χ1n) is 9.26. The average molecular weight is 403 g/mol. The summed E-state index contributed by atoms with van der Waals surface area (Å²) in [6.07, 6.45) is -2.98. The number of carbonyl (C=O) groups is 1. The smallest absolute Gasteiger partial charge is 0.330 e. The molecule has 5 atom stereocenters. The number of carbonyl (C=O) groups excluding carboxylic acids is 1. The lowest BCUT2D eigenvalue weighted by Crippen LogP contribution is -2.47. The van der Waals surface area contributed by atoms with Crippen LogP contribution in [-0.2, 0) is 9.53 Å². The maximum absolute atomic E-state index is 13.5. The van der Waals surface area contributed by atoms with Gasteiger partial charge in [0.15, 0.2) is 12.3 Å². The fraction of sp³-hybridized carbons (Fsp3) is 0.706. The van der Waals surface area contributed by atoms with Crippen molar-refractivity contribution in [1.82, 2.24) is 14.9 Å². The minimum atomic E-state index is -1.81. The Morgan fingerprint density at radius 2 is 1.96 bits per heavy atom. The molecule has 0 unspecified atom stereocenters. The van der Waals surface area contributed by atoms with Gasteiger partial charge in [0, 0.05) is 6.54 Å². The van der Waals surface area contributed by atoms with E-state index in [2.05, 4.69) is 12.2 Å². The van der Waals surface area contributed by atoms with Crippen LogP contribution in [0.1, 0.15) is 45.3 Å². The minimum Gasteiger partial charge on any atom is -0.387 e.